The number of hydrogen-bond acceptors (Lipinski definition) is 16. The predicted molar refractivity (Wildman–Crippen MR) is 368 cm³/mol. The lowest BCUT2D eigenvalue weighted by Crippen LogP contribution is -2.62. The van der Waals surface area contributed by atoms with Gasteiger partial charge in [-0.2, -0.15) is 10.2 Å². The van der Waals surface area contributed by atoms with Crippen molar-refractivity contribution in [2.24, 2.45) is 7.05 Å². The van der Waals surface area contributed by atoms with Gasteiger partial charge in [-0.15, -0.1) is 0 Å². The predicted octanol–water partition coefficient (Wildman–Crippen LogP) is 12.9. The molecule has 9 aromatic rings. The second-order valence-corrected chi connectivity index (χ2v) is 29.6. The number of hydrogen-bond donors (Lipinski definition) is 6. The number of aromatic hydroxyl groups is 1. The van der Waals surface area contributed by atoms with Crippen molar-refractivity contribution in [3.05, 3.63) is 157 Å². The number of phenols is 1. The summed E-state index contributed by atoms with van der Waals surface area (Å²) >= 11 is 0. The third-order valence-electron chi connectivity index (χ3n) is 18.1. The lowest BCUT2D eigenvalue weighted by Gasteiger charge is -2.49. The summed E-state index contributed by atoms with van der Waals surface area (Å²) < 4.78 is 45.3. The van der Waals surface area contributed by atoms with Crippen molar-refractivity contribution >= 4 is 17.5 Å². The number of pyridine rings is 1. The molecular weight excluding hydrogens is 1190 g/mol. The van der Waals surface area contributed by atoms with E-state index in [1.165, 1.54) is 35.2 Å². The molecule has 3 aliphatic heterocycles. The number of piperidine rings is 3. The van der Waals surface area contributed by atoms with Crippen molar-refractivity contribution in [1.82, 2.24) is 70.8 Å². The summed E-state index contributed by atoms with van der Waals surface area (Å²) in [6.45, 7) is 26.8. The number of rotatable bonds is 12. The minimum absolute atomic E-state index is 0.0137. The maximum Gasteiger partial charge on any atom is 0.250 e. The molecule has 19 nitrogen and oxygen atoms in total. The van der Waals surface area contributed by atoms with E-state index in [4.69, 9.17) is 0 Å². The maximum absolute atomic E-state index is 14.6. The number of aryl methyl sites for hydroxylation is 1. The standard InChI is InChI=1S/C26H33N5O2.C23H28F2N6.C23H29FN6/c1-25(2)13-19(14-26(3,4)29-25)31(6)23-16-27-21(15-28-23)20-8-7-17(11-22(20)32)18-9-10-30(5)24(33)12-18;1-22(2)8-16(9-23(3,4)30-22)31(5)20-13-26-19(12-27-20)14-6-17(24)21(18(25)7-14)15-10-28-29-11-15;1-22(2)9-17(10-23(3,4)29-22)30(5)21-14-25-20(13-26-21)15-6-7-18(19(24)8-15)16-11-27-28-12-16/h7-12,15-16,19,29,32H,13-14H2,1-6H3;6-7,10-13,16,30H,8-9H2,1-5H3,(H,28,29);6-8,11-14,17,29H,9-10H2,1-5H3,(H,27,28). The monoisotopic (exact) mass is 1280 g/mol. The van der Waals surface area contributed by atoms with Crippen LogP contribution in [0.5, 0.6) is 5.75 Å². The Hall–Kier alpha value is -8.86. The van der Waals surface area contributed by atoms with E-state index in [9.17, 15) is 23.1 Å². The first kappa shape index (κ1) is 68.0. The molecule has 12 rings (SSSR count). The lowest BCUT2D eigenvalue weighted by atomic mass is 9.79. The Balaban J connectivity index is 0.000000154. The molecule has 0 saturated carbocycles. The van der Waals surface area contributed by atoms with Gasteiger partial charge >= 0.3 is 0 Å². The highest BCUT2D eigenvalue weighted by atomic mass is 19.1. The van der Waals surface area contributed by atoms with E-state index < -0.39 is 11.6 Å². The molecule has 3 aromatic carbocycles. The van der Waals surface area contributed by atoms with Gasteiger partial charge in [0.05, 0.1) is 72.2 Å². The molecular formula is C72H90F3N17O2. The number of nitrogens with one attached hydrogen (secondary N) is 5. The molecule has 9 heterocycles. The Morgan fingerprint density at radius 2 is 0.819 bits per heavy atom. The fraction of sp³-hybridized carbons (Fsp3) is 0.431. The largest absolute Gasteiger partial charge is 0.507 e. The fourth-order valence-electron chi connectivity index (χ4n) is 14.5. The van der Waals surface area contributed by atoms with Crippen LogP contribution >= 0.6 is 0 Å². The van der Waals surface area contributed by atoms with Crippen molar-refractivity contribution in [2.45, 2.75) is 173 Å². The zero-order chi connectivity index (χ0) is 67.9. The van der Waals surface area contributed by atoms with Gasteiger partial charge in [-0.3, -0.25) is 29.9 Å². The van der Waals surface area contributed by atoms with Crippen LogP contribution in [0, 0.1) is 17.5 Å². The molecule has 0 bridgehead atoms. The zero-order valence-corrected chi connectivity index (χ0v) is 57.0. The van der Waals surface area contributed by atoms with Crippen molar-refractivity contribution in [1.29, 1.82) is 0 Å². The van der Waals surface area contributed by atoms with Gasteiger partial charge in [-0.05, 0) is 169 Å². The molecule has 22 heteroatoms. The quantitative estimate of drug-likeness (QED) is 0.0669. The van der Waals surface area contributed by atoms with Crippen LogP contribution in [-0.4, -0.2) is 132 Å². The number of aromatic amines is 2. The number of benzene rings is 3. The summed E-state index contributed by atoms with van der Waals surface area (Å²) in [6, 6.07) is 17.4. The molecule has 3 aliphatic rings. The van der Waals surface area contributed by atoms with Crippen molar-refractivity contribution in [3.8, 4) is 72.9 Å². The van der Waals surface area contributed by atoms with E-state index >= 15 is 0 Å². The number of aromatic nitrogens is 11. The fourth-order valence-corrected chi connectivity index (χ4v) is 14.5. The summed E-state index contributed by atoms with van der Waals surface area (Å²) in [6.07, 6.45) is 24.1. The Morgan fingerprint density at radius 1 is 0.436 bits per heavy atom. The highest BCUT2D eigenvalue weighted by Gasteiger charge is 2.42. The second kappa shape index (κ2) is 26.5. The highest BCUT2D eigenvalue weighted by Crippen LogP contribution is 2.38. The van der Waals surface area contributed by atoms with E-state index in [2.05, 4.69) is 178 Å². The van der Waals surface area contributed by atoms with Crippen molar-refractivity contribution in [2.75, 3.05) is 35.8 Å². The molecule has 6 aromatic heterocycles. The van der Waals surface area contributed by atoms with E-state index in [1.807, 2.05) is 31.3 Å². The number of H-pyrrole nitrogens is 2. The molecule has 0 unspecified atom stereocenters. The summed E-state index contributed by atoms with van der Waals surface area (Å²) in [4.78, 5) is 45.9. The summed E-state index contributed by atoms with van der Waals surface area (Å²) in [5.41, 5.74) is 6.46. The molecule has 6 N–H and O–H groups in total. The number of halogens is 3. The third-order valence-corrected chi connectivity index (χ3v) is 18.1. The smallest absolute Gasteiger partial charge is 0.250 e. The van der Waals surface area contributed by atoms with Gasteiger partial charge in [0.2, 0.25) is 0 Å². The van der Waals surface area contributed by atoms with Crippen LogP contribution in [0.4, 0.5) is 30.6 Å². The summed E-state index contributed by atoms with van der Waals surface area (Å²) in [5.74, 6) is 0.832. The van der Waals surface area contributed by atoms with E-state index in [0.717, 1.165) is 72.7 Å². The van der Waals surface area contributed by atoms with Gasteiger partial charge in [0.25, 0.3) is 5.56 Å². The SMILES string of the molecule is CN(c1cnc(-c2cc(F)c(-c3cn[nH]c3)c(F)c2)cn1)C1CC(C)(C)NC(C)(C)C1.CN(c1cnc(-c2ccc(-c3ccn(C)c(=O)c3)cc2O)cn1)C1CC(C)(C)NC(C)(C)C1.CN(c1cnc(-c2ccc(-c3cn[nH]c3)c(F)c2)cn1)C1CC(C)(C)NC(C)(C)C1. The Kier molecular flexibility index (Phi) is 19.2. The van der Waals surface area contributed by atoms with Crippen LogP contribution in [0.3, 0.4) is 0 Å². The summed E-state index contributed by atoms with van der Waals surface area (Å²) in [5, 5.41) is 34.7. The topological polar surface area (TPSA) is 223 Å². The molecule has 3 fully saturated rings. The Labute approximate surface area is 549 Å². The first-order valence-corrected chi connectivity index (χ1v) is 31.9. The minimum Gasteiger partial charge on any atom is -0.507 e. The number of nitrogens with zero attached hydrogens (tertiary/aromatic N) is 12. The van der Waals surface area contributed by atoms with Gasteiger partial charge in [0.15, 0.2) is 0 Å². The average molecular weight is 1280 g/mol. The average Bonchev–Trinajstić information content (AvgIpc) is 0.875. The van der Waals surface area contributed by atoms with Crippen LogP contribution < -0.4 is 36.2 Å². The molecule has 0 spiro atoms. The molecule has 0 aliphatic carbocycles. The molecule has 3 saturated heterocycles. The van der Waals surface area contributed by atoms with Gasteiger partial charge in [-0.1, -0.05) is 18.2 Å². The van der Waals surface area contributed by atoms with Crippen molar-refractivity contribution < 1.29 is 18.3 Å². The number of phenolic OH excluding ortho intramolecular Hbond substituents is 1. The first-order chi connectivity index (χ1) is 44.1. The van der Waals surface area contributed by atoms with Gasteiger partial charge in [0.1, 0.15) is 40.7 Å². The lowest BCUT2D eigenvalue weighted by molar-refractivity contribution is 0.160. The van der Waals surface area contributed by atoms with E-state index in [-0.39, 0.29) is 55.9 Å². The third kappa shape index (κ3) is 16.2. The van der Waals surface area contributed by atoms with Crippen molar-refractivity contribution in [3.63, 3.8) is 0 Å². The first-order valence-electron chi connectivity index (χ1n) is 31.9. The number of anilines is 3. The molecule has 496 valence electrons. The summed E-state index contributed by atoms with van der Waals surface area (Å²) in [7, 11) is 7.87. The van der Waals surface area contributed by atoms with Gasteiger partial charge in [-0.25, -0.2) is 28.1 Å². The van der Waals surface area contributed by atoms with Crippen LogP contribution in [0.25, 0.3) is 67.2 Å². The van der Waals surface area contributed by atoms with E-state index in [1.54, 1.807) is 81.0 Å². The molecule has 0 amide bonds. The van der Waals surface area contributed by atoms with E-state index in [0.29, 0.717) is 63.0 Å². The minimum atomic E-state index is -0.668. The van der Waals surface area contributed by atoms with Gasteiger partial charge < -0.3 is 40.3 Å². The zero-order valence-electron chi connectivity index (χ0n) is 57.0. The second-order valence-electron chi connectivity index (χ2n) is 29.6. The normalized spacial score (nSPS) is 18.0. The van der Waals surface area contributed by atoms with Gasteiger partial charge in [0, 0.05) is 138 Å². The van der Waals surface area contributed by atoms with Crippen LogP contribution in [0.1, 0.15) is 122 Å². The highest BCUT2D eigenvalue weighted by molar-refractivity contribution is 5.75. The molecule has 0 atom stereocenters. The van der Waals surface area contributed by atoms with Crippen LogP contribution in [0.2, 0.25) is 0 Å². The van der Waals surface area contributed by atoms with Crippen LogP contribution in [-0.2, 0) is 7.05 Å². The van der Waals surface area contributed by atoms with Crippen LogP contribution in [0.15, 0.2) is 134 Å². The molecule has 0 radical (unpaired) electrons. The Bertz CT molecular complexity index is 4060. The Morgan fingerprint density at radius 3 is 1.20 bits per heavy atom. The maximum atomic E-state index is 14.6. The molecule has 94 heavy (non-hydrogen) atoms.